The van der Waals surface area contributed by atoms with Gasteiger partial charge in [0.05, 0.1) is 6.20 Å². The fourth-order valence-electron chi connectivity index (χ4n) is 2.33. The van der Waals surface area contributed by atoms with E-state index < -0.39 is 0 Å². The SMILES string of the molecule is CCCn1cc(C(NC)C(CC)CC)cn1. The van der Waals surface area contributed by atoms with Crippen molar-refractivity contribution >= 4 is 0 Å². The predicted octanol–water partition coefficient (Wildman–Crippen LogP) is 2.99. The molecule has 0 saturated carbocycles. The molecular formula is C13H25N3. The van der Waals surface area contributed by atoms with Gasteiger partial charge in [0.15, 0.2) is 0 Å². The number of aryl methyl sites for hydroxylation is 1. The lowest BCUT2D eigenvalue weighted by Gasteiger charge is -2.23. The van der Waals surface area contributed by atoms with Gasteiger partial charge in [-0.2, -0.15) is 5.10 Å². The zero-order valence-corrected chi connectivity index (χ0v) is 11.0. The summed E-state index contributed by atoms with van der Waals surface area (Å²) in [6.45, 7) is 7.71. The van der Waals surface area contributed by atoms with Gasteiger partial charge in [0.1, 0.15) is 0 Å². The van der Waals surface area contributed by atoms with E-state index in [4.69, 9.17) is 0 Å². The number of nitrogens with zero attached hydrogens (tertiary/aromatic N) is 2. The van der Waals surface area contributed by atoms with Crippen LogP contribution < -0.4 is 5.32 Å². The summed E-state index contributed by atoms with van der Waals surface area (Å²) in [4.78, 5) is 0. The fourth-order valence-corrected chi connectivity index (χ4v) is 2.33. The molecule has 1 N–H and O–H groups in total. The molecule has 0 aliphatic carbocycles. The van der Waals surface area contributed by atoms with E-state index >= 15 is 0 Å². The third-order valence-corrected chi connectivity index (χ3v) is 3.30. The fraction of sp³-hybridized carbons (Fsp3) is 0.769. The minimum atomic E-state index is 0.445. The Balaban J connectivity index is 2.77. The summed E-state index contributed by atoms with van der Waals surface area (Å²) in [6.07, 6.45) is 7.75. The minimum Gasteiger partial charge on any atom is -0.313 e. The van der Waals surface area contributed by atoms with Crippen LogP contribution >= 0.6 is 0 Å². The van der Waals surface area contributed by atoms with E-state index in [1.165, 1.54) is 18.4 Å². The van der Waals surface area contributed by atoms with Crippen molar-refractivity contribution in [1.82, 2.24) is 15.1 Å². The van der Waals surface area contributed by atoms with Gasteiger partial charge in [-0.3, -0.25) is 4.68 Å². The summed E-state index contributed by atoms with van der Waals surface area (Å²) in [6, 6.07) is 0.445. The summed E-state index contributed by atoms with van der Waals surface area (Å²) in [7, 11) is 2.04. The molecule has 0 spiro atoms. The molecule has 0 saturated heterocycles. The molecule has 1 aromatic heterocycles. The first-order valence-corrected chi connectivity index (χ1v) is 6.46. The maximum Gasteiger partial charge on any atom is 0.0537 e. The number of hydrogen-bond acceptors (Lipinski definition) is 2. The first kappa shape index (κ1) is 13.2. The third-order valence-electron chi connectivity index (χ3n) is 3.30. The summed E-state index contributed by atoms with van der Waals surface area (Å²) in [5, 5.41) is 7.82. The molecule has 0 radical (unpaired) electrons. The highest BCUT2D eigenvalue weighted by atomic mass is 15.3. The van der Waals surface area contributed by atoms with Crippen LogP contribution in [0.3, 0.4) is 0 Å². The molecule has 0 aromatic carbocycles. The standard InChI is InChI=1S/C13H25N3/c1-5-8-16-10-12(9-15-16)13(14-4)11(6-2)7-3/h9-11,13-14H,5-8H2,1-4H3. The first-order valence-electron chi connectivity index (χ1n) is 6.46. The van der Waals surface area contributed by atoms with Gasteiger partial charge in [-0.1, -0.05) is 33.6 Å². The molecule has 0 aliphatic rings. The van der Waals surface area contributed by atoms with Crippen LogP contribution in [-0.4, -0.2) is 16.8 Å². The summed E-state index contributed by atoms with van der Waals surface area (Å²) in [5.74, 6) is 0.698. The molecule has 0 fully saturated rings. The average molecular weight is 223 g/mol. The monoisotopic (exact) mass is 223 g/mol. The van der Waals surface area contributed by atoms with Crippen molar-refractivity contribution in [2.24, 2.45) is 5.92 Å². The third kappa shape index (κ3) is 3.08. The molecule has 1 heterocycles. The first-order chi connectivity index (χ1) is 7.76. The molecule has 1 unspecified atom stereocenters. The minimum absolute atomic E-state index is 0.445. The van der Waals surface area contributed by atoms with Gasteiger partial charge in [0.2, 0.25) is 0 Å². The van der Waals surface area contributed by atoms with E-state index in [1.807, 2.05) is 17.9 Å². The van der Waals surface area contributed by atoms with E-state index in [0.717, 1.165) is 13.0 Å². The largest absolute Gasteiger partial charge is 0.313 e. The molecule has 3 heteroatoms. The molecule has 3 nitrogen and oxygen atoms in total. The quantitative estimate of drug-likeness (QED) is 0.770. The highest BCUT2D eigenvalue weighted by molar-refractivity contribution is 5.11. The van der Waals surface area contributed by atoms with Gasteiger partial charge in [-0.15, -0.1) is 0 Å². The van der Waals surface area contributed by atoms with Crippen LogP contribution in [0.15, 0.2) is 12.4 Å². The maximum absolute atomic E-state index is 4.40. The summed E-state index contributed by atoms with van der Waals surface area (Å²) < 4.78 is 2.04. The van der Waals surface area contributed by atoms with Crippen LogP contribution in [0.1, 0.15) is 51.6 Å². The second kappa shape index (κ2) is 6.69. The Bertz CT molecular complexity index is 289. The van der Waals surface area contributed by atoms with Gasteiger partial charge >= 0.3 is 0 Å². The van der Waals surface area contributed by atoms with Crippen LogP contribution in [0.5, 0.6) is 0 Å². The predicted molar refractivity (Wildman–Crippen MR) is 68.4 cm³/mol. The molecule has 0 aliphatic heterocycles. The maximum atomic E-state index is 4.40. The van der Waals surface area contributed by atoms with Crippen molar-refractivity contribution in [2.75, 3.05) is 7.05 Å². The van der Waals surface area contributed by atoms with Crippen LogP contribution in [0.4, 0.5) is 0 Å². The lowest BCUT2D eigenvalue weighted by molar-refractivity contribution is 0.359. The second-order valence-electron chi connectivity index (χ2n) is 4.38. The average Bonchev–Trinajstić information content (AvgIpc) is 2.74. The Kier molecular flexibility index (Phi) is 5.53. The van der Waals surface area contributed by atoms with E-state index in [0.29, 0.717) is 12.0 Å². The molecule has 16 heavy (non-hydrogen) atoms. The van der Waals surface area contributed by atoms with Gasteiger partial charge in [0, 0.05) is 24.3 Å². The summed E-state index contributed by atoms with van der Waals surface area (Å²) >= 11 is 0. The highest BCUT2D eigenvalue weighted by Gasteiger charge is 2.19. The number of aromatic nitrogens is 2. The lowest BCUT2D eigenvalue weighted by Crippen LogP contribution is -2.24. The van der Waals surface area contributed by atoms with Gasteiger partial charge in [-0.05, 0) is 19.4 Å². The van der Waals surface area contributed by atoms with Crippen LogP contribution in [0, 0.1) is 5.92 Å². The van der Waals surface area contributed by atoms with Gasteiger partial charge in [0.25, 0.3) is 0 Å². The number of nitrogens with one attached hydrogen (secondary N) is 1. The van der Waals surface area contributed by atoms with Crippen molar-refractivity contribution in [2.45, 2.75) is 52.6 Å². The Morgan fingerprint density at radius 2 is 2.00 bits per heavy atom. The van der Waals surface area contributed by atoms with Crippen molar-refractivity contribution in [3.05, 3.63) is 18.0 Å². The number of rotatable bonds is 7. The Morgan fingerprint density at radius 1 is 1.31 bits per heavy atom. The van der Waals surface area contributed by atoms with Gasteiger partial charge in [-0.25, -0.2) is 0 Å². The van der Waals surface area contributed by atoms with Crippen LogP contribution in [-0.2, 0) is 6.54 Å². The molecule has 0 bridgehead atoms. The zero-order chi connectivity index (χ0) is 12.0. The van der Waals surface area contributed by atoms with Crippen molar-refractivity contribution < 1.29 is 0 Å². The van der Waals surface area contributed by atoms with E-state index in [2.05, 4.69) is 37.4 Å². The molecule has 1 atom stereocenters. The molecule has 1 rings (SSSR count). The highest BCUT2D eigenvalue weighted by Crippen LogP contribution is 2.26. The molecule has 92 valence electrons. The normalized spacial score (nSPS) is 13.3. The second-order valence-corrected chi connectivity index (χ2v) is 4.38. The summed E-state index contributed by atoms with van der Waals surface area (Å²) in [5.41, 5.74) is 1.32. The number of hydrogen-bond donors (Lipinski definition) is 1. The van der Waals surface area contributed by atoms with Crippen LogP contribution in [0.25, 0.3) is 0 Å². The van der Waals surface area contributed by atoms with E-state index in [9.17, 15) is 0 Å². The Hall–Kier alpha value is -0.830. The Labute approximate surface area is 99.2 Å². The topological polar surface area (TPSA) is 29.9 Å². The lowest BCUT2D eigenvalue weighted by atomic mass is 9.90. The van der Waals surface area contributed by atoms with E-state index in [-0.39, 0.29) is 0 Å². The van der Waals surface area contributed by atoms with Gasteiger partial charge < -0.3 is 5.32 Å². The van der Waals surface area contributed by atoms with Crippen molar-refractivity contribution in [3.63, 3.8) is 0 Å². The van der Waals surface area contributed by atoms with Crippen molar-refractivity contribution in [1.29, 1.82) is 0 Å². The molecule has 1 aromatic rings. The van der Waals surface area contributed by atoms with Crippen LogP contribution in [0.2, 0.25) is 0 Å². The van der Waals surface area contributed by atoms with E-state index in [1.54, 1.807) is 0 Å². The molecule has 0 amide bonds. The smallest absolute Gasteiger partial charge is 0.0537 e. The van der Waals surface area contributed by atoms with Crippen molar-refractivity contribution in [3.8, 4) is 0 Å². The zero-order valence-electron chi connectivity index (χ0n) is 11.0. The molecular weight excluding hydrogens is 198 g/mol. The Morgan fingerprint density at radius 3 is 2.50 bits per heavy atom.